The third kappa shape index (κ3) is 3.79. The van der Waals surface area contributed by atoms with Crippen LogP contribution < -0.4 is 5.32 Å². The van der Waals surface area contributed by atoms with Gasteiger partial charge in [0, 0.05) is 12.5 Å². The van der Waals surface area contributed by atoms with Crippen LogP contribution in [0.1, 0.15) is 34.1 Å². The topological polar surface area (TPSA) is 29.1 Å². The van der Waals surface area contributed by atoms with E-state index in [2.05, 4.69) is 5.32 Å². The van der Waals surface area contributed by atoms with Crippen LogP contribution >= 0.6 is 0 Å². The molecule has 0 bridgehead atoms. The van der Waals surface area contributed by atoms with Crippen LogP contribution in [0.3, 0.4) is 0 Å². The number of amides is 1. The number of carbonyl (C=O) groups is 1. The third-order valence-corrected chi connectivity index (χ3v) is 1.74. The van der Waals surface area contributed by atoms with Crippen molar-refractivity contribution in [2.75, 3.05) is 7.05 Å². The largest absolute Gasteiger partial charge is 0.359 e. The van der Waals surface area contributed by atoms with E-state index in [-0.39, 0.29) is 16.6 Å². The average molecular weight is 167 g/mol. The molecule has 0 saturated heterocycles. The van der Waals surface area contributed by atoms with Crippen molar-refractivity contribution in [3.05, 3.63) is 0 Å². The lowest BCUT2D eigenvalue weighted by Crippen LogP contribution is -2.36. The molecule has 0 aromatic heterocycles. The van der Waals surface area contributed by atoms with Crippen molar-refractivity contribution in [2.24, 2.45) is 5.41 Å². The summed E-state index contributed by atoms with van der Waals surface area (Å²) in [5.41, 5.74) is -0.382. The second kappa shape index (κ2) is 3.50. The average Bonchev–Trinajstić information content (AvgIpc) is 1.80. The van der Waals surface area contributed by atoms with Gasteiger partial charge in [-0.15, -0.1) is 0 Å². The van der Waals surface area contributed by atoms with Gasteiger partial charge in [0.05, 0.1) is 7.85 Å². The van der Waals surface area contributed by atoms with Crippen LogP contribution in [0.15, 0.2) is 0 Å². The van der Waals surface area contributed by atoms with E-state index in [0.717, 1.165) is 0 Å². The van der Waals surface area contributed by atoms with E-state index in [0.29, 0.717) is 6.42 Å². The van der Waals surface area contributed by atoms with Crippen molar-refractivity contribution in [2.45, 2.75) is 39.4 Å². The van der Waals surface area contributed by atoms with Crippen molar-refractivity contribution in [1.82, 2.24) is 5.32 Å². The SMILES string of the molecule is [B]C(C)(C)CC(C)(C)C(=O)NC. The smallest absolute Gasteiger partial charge is 0.225 e. The summed E-state index contributed by atoms with van der Waals surface area (Å²) in [5, 5.41) is 2.34. The molecule has 12 heavy (non-hydrogen) atoms. The quantitative estimate of drug-likeness (QED) is 0.634. The molecule has 2 radical (unpaired) electrons. The highest BCUT2D eigenvalue weighted by molar-refractivity contribution is 6.14. The molecule has 0 fully saturated rings. The number of rotatable bonds is 3. The van der Waals surface area contributed by atoms with Crippen LogP contribution in [0.2, 0.25) is 5.31 Å². The van der Waals surface area contributed by atoms with Gasteiger partial charge in [0.2, 0.25) is 5.91 Å². The van der Waals surface area contributed by atoms with E-state index in [1.54, 1.807) is 7.05 Å². The monoisotopic (exact) mass is 167 g/mol. The summed E-state index contributed by atoms with van der Waals surface area (Å²) < 4.78 is 0. The molecule has 0 spiro atoms. The molecule has 0 unspecified atom stereocenters. The zero-order chi connectivity index (χ0) is 9.99. The zero-order valence-corrected chi connectivity index (χ0v) is 8.69. The Bertz CT molecular complexity index is 170. The highest BCUT2D eigenvalue weighted by atomic mass is 16.2. The summed E-state index contributed by atoms with van der Waals surface area (Å²) in [6, 6.07) is 0. The Hall–Kier alpha value is -0.465. The molecule has 0 aliphatic carbocycles. The van der Waals surface area contributed by atoms with Crippen molar-refractivity contribution in [3.8, 4) is 0 Å². The van der Waals surface area contributed by atoms with Gasteiger partial charge in [0.1, 0.15) is 0 Å². The summed E-state index contributed by atoms with van der Waals surface area (Å²) in [7, 11) is 7.48. The Morgan fingerprint density at radius 3 is 2.00 bits per heavy atom. The van der Waals surface area contributed by atoms with Gasteiger partial charge in [-0.3, -0.25) is 4.79 Å². The number of hydrogen-bond donors (Lipinski definition) is 1. The van der Waals surface area contributed by atoms with E-state index in [1.165, 1.54) is 0 Å². The molecule has 68 valence electrons. The van der Waals surface area contributed by atoms with Gasteiger partial charge in [-0.25, -0.2) is 0 Å². The molecule has 1 N–H and O–H groups in total. The Kier molecular flexibility index (Phi) is 3.37. The van der Waals surface area contributed by atoms with Crippen LogP contribution in [-0.2, 0) is 4.79 Å². The predicted molar refractivity (Wildman–Crippen MR) is 52.3 cm³/mol. The predicted octanol–water partition coefficient (Wildman–Crippen LogP) is 1.52. The number of carbonyl (C=O) groups excluding carboxylic acids is 1. The lowest BCUT2D eigenvalue weighted by molar-refractivity contribution is -0.129. The molecule has 0 aliphatic heterocycles. The minimum Gasteiger partial charge on any atom is -0.359 e. The summed E-state index contributed by atoms with van der Waals surface area (Å²) in [4.78, 5) is 11.3. The van der Waals surface area contributed by atoms with E-state index >= 15 is 0 Å². The standard InChI is InChI=1S/C9H18BNO/c1-8(2,7(12)11-5)6-9(3,4)10/h6H2,1-5H3,(H,11,12). The Balaban J connectivity index is 4.32. The van der Waals surface area contributed by atoms with Gasteiger partial charge >= 0.3 is 0 Å². The molecule has 0 atom stereocenters. The van der Waals surface area contributed by atoms with Gasteiger partial charge in [0.25, 0.3) is 0 Å². The van der Waals surface area contributed by atoms with Gasteiger partial charge in [0.15, 0.2) is 0 Å². The molecular weight excluding hydrogens is 149 g/mol. The molecule has 0 aliphatic rings. The Morgan fingerprint density at radius 2 is 1.75 bits per heavy atom. The minimum atomic E-state index is -0.382. The van der Waals surface area contributed by atoms with E-state index in [1.807, 2.05) is 27.7 Å². The van der Waals surface area contributed by atoms with Crippen LogP contribution in [0.25, 0.3) is 0 Å². The maximum atomic E-state index is 11.3. The van der Waals surface area contributed by atoms with Gasteiger partial charge < -0.3 is 5.32 Å². The van der Waals surface area contributed by atoms with Crippen molar-refractivity contribution >= 4 is 13.8 Å². The van der Waals surface area contributed by atoms with Gasteiger partial charge in [-0.1, -0.05) is 33.0 Å². The molecule has 0 rings (SSSR count). The molecule has 3 heteroatoms. The molecule has 2 nitrogen and oxygen atoms in total. The highest BCUT2D eigenvalue weighted by Crippen LogP contribution is 2.36. The molecular formula is C9H18BNO. The summed E-state index contributed by atoms with van der Waals surface area (Å²) in [6.07, 6.45) is 0.680. The fourth-order valence-corrected chi connectivity index (χ4v) is 1.56. The first-order chi connectivity index (χ1) is 5.19. The maximum absolute atomic E-state index is 11.3. The van der Waals surface area contributed by atoms with Crippen molar-refractivity contribution < 1.29 is 4.79 Å². The second-order valence-corrected chi connectivity index (χ2v) is 4.63. The highest BCUT2D eigenvalue weighted by Gasteiger charge is 2.31. The van der Waals surface area contributed by atoms with Crippen LogP contribution in [0, 0.1) is 5.41 Å². The molecule has 1 amide bonds. The first kappa shape index (κ1) is 11.5. The van der Waals surface area contributed by atoms with E-state index in [9.17, 15) is 4.79 Å². The summed E-state index contributed by atoms with van der Waals surface area (Å²) in [6.45, 7) is 7.66. The van der Waals surface area contributed by atoms with Crippen LogP contribution in [0.5, 0.6) is 0 Å². The first-order valence-corrected chi connectivity index (χ1v) is 4.20. The van der Waals surface area contributed by atoms with Crippen molar-refractivity contribution in [1.29, 1.82) is 0 Å². The molecule has 0 heterocycles. The van der Waals surface area contributed by atoms with Crippen molar-refractivity contribution in [3.63, 3.8) is 0 Å². The van der Waals surface area contributed by atoms with Crippen LogP contribution in [-0.4, -0.2) is 20.8 Å². The molecule has 0 aromatic rings. The zero-order valence-electron chi connectivity index (χ0n) is 8.69. The van der Waals surface area contributed by atoms with Gasteiger partial charge in [-0.05, 0) is 6.42 Å². The lowest BCUT2D eigenvalue weighted by atomic mass is 9.63. The fourth-order valence-electron chi connectivity index (χ4n) is 1.56. The van der Waals surface area contributed by atoms with E-state index < -0.39 is 0 Å². The molecule has 0 saturated carbocycles. The fraction of sp³-hybridized carbons (Fsp3) is 0.889. The Labute approximate surface area is 76.5 Å². The Morgan fingerprint density at radius 1 is 1.33 bits per heavy atom. The summed E-state index contributed by atoms with van der Waals surface area (Å²) >= 11 is 0. The van der Waals surface area contributed by atoms with Gasteiger partial charge in [-0.2, -0.15) is 0 Å². The maximum Gasteiger partial charge on any atom is 0.225 e. The minimum absolute atomic E-state index is 0.0426. The lowest BCUT2D eigenvalue weighted by Gasteiger charge is -2.30. The van der Waals surface area contributed by atoms with E-state index in [4.69, 9.17) is 7.85 Å². The first-order valence-electron chi connectivity index (χ1n) is 4.20. The number of hydrogen-bond acceptors (Lipinski definition) is 1. The third-order valence-electron chi connectivity index (χ3n) is 1.74. The second-order valence-electron chi connectivity index (χ2n) is 4.63. The van der Waals surface area contributed by atoms with Crippen LogP contribution in [0.4, 0.5) is 0 Å². The normalized spacial score (nSPS) is 12.8. The molecule has 0 aromatic carbocycles. The number of nitrogens with one attached hydrogen (secondary N) is 1. The summed E-state index contributed by atoms with van der Waals surface area (Å²) in [5.74, 6) is 0.0426.